The fourth-order valence-electron chi connectivity index (χ4n) is 4.64. The molecule has 2 aliphatic rings. The van der Waals surface area contributed by atoms with Gasteiger partial charge in [-0.25, -0.2) is 4.98 Å². The van der Waals surface area contributed by atoms with Gasteiger partial charge in [0.25, 0.3) is 5.91 Å². The molecule has 37 heavy (non-hydrogen) atoms. The van der Waals surface area contributed by atoms with Crippen LogP contribution in [-0.2, 0) is 40.0 Å². The largest absolute Gasteiger partial charge is 0.455 e. The summed E-state index contributed by atoms with van der Waals surface area (Å²) in [7, 11) is 0. The van der Waals surface area contributed by atoms with Crippen molar-refractivity contribution in [3.8, 4) is 0 Å². The van der Waals surface area contributed by atoms with Gasteiger partial charge in [0.05, 0.1) is 17.8 Å². The Morgan fingerprint density at radius 3 is 2.73 bits per heavy atom. The van der Waals surface area contributed by atoms with E-state index in [0.29, 0.717) is 37.8 Å². The summed E-state index contributed by atoms with van der Waals surface area (Å²) in [5.74, 6) is -1.41. The summed E-state index contributed by atoms with van der Waals surface area (Å²) < 4.78 is 46.0. The molecule has 0 saturated carbocycles. The second-order valence-electron chi connectivity index (χ2n) is 9.05. The highest BCUT2D eigenvalue weighted by atomic mass is 32.1. The topological polar surface area (TPSA) is 132 Å². The van der Waals surface area contributed by atoms with Gasteiger partial charge >= 0.3 is 12.1 Å². The van der Waals surface area contributed by atoms with Gasteiger partial charge in [0.15, 0.2) is 12.4 Å². The van der Waals surface area contributed by atoms with E-state index in [0.717, 1.165) is 32.5 Å². The predicted molar refractivity (Wildman–Crippen MR) is 128 cm³/mol. The number of aromatic nitrogens is 5. The highest BCUT2D eigenvalue weighted by Gasteiger charge is 2.40. The van der Waals surface area contributed by atoms with Crippen LogP contribution in [0.3, 0.4) is 0 Å². The molecule has 3 aromatic rings. The van der Waals surface area contributed by atoms with E-state index in [1.54, 1.807) is 11.3 Å². The number of thiophene rings is 1. The van der Waals surface area contributed by atoms with Gasteiger partial charge in [0.2, 0.25) is 11.8 Å². The van der Waals surface area contributed by atoms with Crippen LogP contribution in [0.5, 0.6) is 0 Å². The first kappa shape index (κ1) is 25.2. The van der Waals surface area contributed by atoms with Gasteiger partial charge in [0, 0.05) is 31.1 Å². The van der Waals surface area contributed by atoms with Gasteiger partial charge in [-0.1, -0.05) is 13.3 Å². The maximum atomic E-state index is 13.3. The first-order valence-electron chi connectivity index (χ1n) is 11.9. The lowest BCUT2D eigenvalue weighted by molar-refractivity contribution is -0.151. The van der Waals surface area contributed by atoms with Crippen LogP contribution in [0.2, 0.25) is 0 Å². The molecule has 1 atom stereocenters. The molecule has 11 nitrogen and oxygen atoms in total. The van der Waals surface area contributed by atoms with Crippen LogP contribution < -0.4 is 15.5 Å². The van der Waals surface area contributed by atoms with Crippen molar-refractivity contribution >= 4 is 45.2 Å². The number of nitrogens with two attached hydrogens (primary N) is 1. The van der Waals surface area contributed by atoms with E-state index in [1.165, 1.54) is 0 Å². The van der Waals surface area contributed by atoms with Crippen LogP contribution in [0.25, 0.3) is 10.2 Å². The minimum absolute atomic E-state index is 0.0709. The van der Waals surface area contributed by atoms with Crippen LogP contribution >= 0.6 is 11.3 Å². The summed E-state index contributed by atoms with van der Waals surface area (Å²) in [5, 5.41) is 7.99. The van der Waals surface area contributed by atoms with E-state index < -0.39 is 36.4 Å². The van der Waals surface area contributed by atoms with E-state index in [9.17, 15) is 22.8 Å². The van der Waals surface area contributed by atoms with E-state index in [-0.39, 0.29) is 18.9 Å². The molecular formula is C22H25F3N8O3S. The molecule has 15 heteroatoms. The number of nitrogens with zero attached hydrogens (tertiary/aromatic N) is 7. The number of amides is 1. The first-order valence-corrected chi connectivity index (χ1v) is 12.7. The fourth-order valence-corrected chi connectivity index (χ4v) is 5.76. The third-order valence-electron chi connectivity index (χ3n) is 6.38. The Bertz CT molecular complexity index is 1340. The Balaban J connectivity index is 1.44. The van der Waals surface area contributed by atoms with Crippen LogP contribution in [-0.4, -0.2) is 62.9 Å². The number of primary amides is 1. The molecule has 5 rings (SSSR count). The fraction of sp³-hybridized carbons (Fsp3) is 0.545. The average Bonchev–Trinajstić information content (AvgIpc) is 3.58. The molecule has 1 amide bonds. The Labute approximate surface area is 213 Å². The van der Waals surface area contributed by atoms with Crippen LogP contribution in [0.1, 0.15) is 36.3 Å². The van der Waals surface area contributed by atoms with E-state index >= 15 is 0 Å². The third-order valence-corrected chi connectivity index (χ3v) is 7.46. The van der Waals surface area contributed by atoms with Crippen LogP contribution in [0.4, 0.5) is 24.9 Å². The molecule has 0 radical (unpaired) electrons. The smallest absolute Gasteiger partial charge is 0.451 e. The minimum Gasteiger partial charge on any atom is -0.455 e. The Morgan fingerprint density at radius 1 is 1.19 bits per heavy atom. The number of halogens is 3. The van der Waals surface area contributed by atoms with E-state index in [2.05, 4.69) is 17.1 Å². The normalized spacial score (nSPS) is 17.9. The number of aryl methyl sites for hydroxylation is 1. The SMILES string of the molecule is CCCc1cc2c(N3CCn4c(nnc4C(F)(F)F)C3)nc(N3CC[C@H](C(=O)OCC(N)=O)C3)nc2s1. The van der Waals surface area contributed by atoms with Crippen LogP contribution in [0, 0.1) is 5.92 Å². The van der Waals surface area contributed by atoms with E-state index in [1.807, 2.05) is 15.9 Å². The molecule has 0 aromatic carbocycles. The third kappa shape index (κ3) is 5.04. The lowest BCUT2D eigenvalue weighted by atomic mass is 10.1. The molecule has 0 spiro atoms. The molecule has 198 valence electrons. The summed E-state index contributed by atoms with van der Waals surface area (Å²) in [6, 6.07) is 2.04. The molecule has 0 bridgehead atoms. The Morgan fingerprint density at radius 2 is 2.00 bits per heavy atom. The van der Waals surface area contributed by atoms with Crippen molar-refractivity contribution < 1.29 is 27.5 Å². The second kappa shape index (κ2) is 9.76. The van der Waals surface area contributed by atoms with Gasteiger partial charge < -0.3 is 24.8 Å². The second-order valence-corrected chi connectivity index (χ2v) is 10.2. The van der Waals surface area contributed by atoms with Crippen LogP contribution in [0.15, 0.2) is 6.07 Å². The molecule has 1 saturated heterocycles. The maximum absolute atomic E-state index is 13.3. The number of rotatable bonds is 7. The number of ether oxygens (including phenoxy) is 1. The quantitative estimate of drug-likeness (QED) is 0.449. The van der Waals surface area contributed by atoms with Crippen molar-refractivity contribution in [1.29, 1.82) is 0 Å². The molecule has 5 heterocycles. The molecule has 2 aliphatic heterocycles. The van der Waals surface area contributed by atoms with Crippen molar-refractivity contribution in [2.45, 2.75) is 45.5 Å². The monoisotopic (exact) mass is 538 g/mol. The molecule has 3 aromatic heterocycles. The minimum atomic E-state index is -4.57. The van der Waals surface area contributed by atoms with Gasteiger partial charge in [-0.05, 0) is 18.9 Å². The van der Waals surface area contributed by atoms with Crippen molar-refractivity contribution in [2.24, 2.45) is 11.7 Å². The molecule has 0 unspecified atom stereocenters. The number of anilines is 2. The lowest BCUT2D eigenvalue weighted by Gasteiger charge is -2.30. The zero-order valence-electron chi connectivity index (χ0n) is 20.0. The number of esters is 1. The summed E-state index contributed by atoms with van der Waals surface area (Å²) in [5.41, 5.74) is 5.06. The highest BCUT2D eigenvalue weighted by Crippen LogP contribution is 2.37. The van der Waals surface area contributed by atoms with Crippen molar-refractivity contribution in [3.63, 3.8) is 0 Å². The van der Waals surface area contributed by atoms with Gasteiger partial charge in [-0.15, -0.1) is 21.5 Å². The van der Waals surface area contributed by atoms with Gasteiger partial charge in [-0.3, -0.25) is 9.59 Å². The van der Waals surface area contributed by atoms with E-state index in [4.69, 9.17) is 20.4 Å². The molecule has 1 fully saturated rings. The summed E-state index contributed by atoms with van der Waals surface area (Å²) in [6.07, 6.45) is -2.24. The van der Waals surface area contributed by atoms with Crippen molar-refractivity contribution in [3.05, 3.63) is 22.6 Å². The van der Waals surface area contributed by atoms with Crippen molar-refractivity contribution in [2.75, 3.05) is 36.0 Å². The lowest BCUT2D eigenvalue weighted by Crippen LogP contribution is -2.36. The summed E-state index contributed by atoms with van der Waals surface area (Å²) >= 11 is 1.56. The Hall–Kier alpha value is -3.49. The number of hydrogen-bond acceptors (Lipinski definition) is 10. The van der Waals surface area contributed by atoms with Gasteiger partial charge in [-0.2, -0.15) is 18.2 Å². The molecular weight excluding hydrogens is 513 g/mol. The maximum Gasteiger partial charge on any atom is 0.451 e. The zero-order chi connectivity index (χ0) is 26.3. The predicted octanol–water partition coefficient (Wildman–Crippen LogP) is 2.13. The molecule has 2 N–H and O–H groups in total. The first-order chi connectivity index (χ1) is 17.6. The number of fused-ring (bicyclic) bond motifs is 2. The number of hydrogen-bond donors (Lipinski definition) is 1. The highest BCUT2D eigenvalue weighted by molar-refractivity contribution is 7.18. The standard InChI is InChI=1S/C22H25F3N8O3S/c1-2-3-13-8-14-17(31-6-7-33-16(10-31)29-30-20(33)22(23,24)25)27-21(28-18(14)37-13)32-5-4-12(9-32)19(35)36-11-15(26)34/h8,12H,2-7,9-11H2,1H3,(H2,26,34)/t12-/m0/s1. The Kier molecular flexibility index (Phi) is 6.64. The number of carbonyl (C=O) groups is 2. The number of carbonyl (C=O) groups excluding carboxylic acids is 2. The zero-order valence-corrected chi connectivity index (χ0v) is 20.8. The molecule has 0 aliphatic carbocycles. The average molecular weight is 539 g/mol. The van der Waals surface area contributed by atoms with Crippen molar-refractivity contribution in [1.82, 2.24) is 24.7 Å². The summed E-state index contributed by atoms with van der Waals surface area (Å²) in [6.45, 7) is 2.93. The summed E-state index contributed by atoms with van der Waals surface area (Å²) in [4.78, 5) is 38.5. The van der Waals surface area contributed by atoms with Gasteiger partial charge in [0.1, 0.15) is 10.6 Å². The number of alkyl halides is 3.